The molecule has 20 heavy (non-hydrogen) atoms. The Hall–Kier alpha value is -1.98. The molecular formula is C15H19NO4. The van der Waals surface area contributed by atoms with E-state index in [1.807, 2.05) is 24.3 Å². The number of nitrogens with one attached hydrogen (secondary N) is 1. The molecule has 0 fully saturated rings. The van der Waals surface area contributed by atoms with Crippen LogP contribution in [0.1, 0.15) is 17.4 Å². The number of hydrogen-bond acceptors (Lipinski definition) is 5. The van der Waals surface area contributed by atoms with Crippen molar-refractivity contribution in [1.82, 2.24) is 5.32 Å². The number of ether oxygens (including phenoxy) is 2. The normalized spacial score (nSPS) is 12.2. The monoisotopic (exact) mass is 277 g/mol. The second-order valence-electron chi connectivity index (χ2n) is 4.31. The predicted octanol–water partition coefficient (Wildman–Crippen LogP) is 2.12. The van der Waals surface area contributed by atoms with Gasteiger partial charge in [0.15, 0.2) is 0 Å². The van der Waals surface area contributed by atoms with Crippen LogP contribution in [-0.4, -0.2) is 25.9 Å². The fourth-order valence-electron chi connectivity index (χ4n) is 2.00. The highest BCUT2D eigenvalue weighted by Gasteiger charge is 2.14. The average molecular weight is 277 g/mol. The Morgan fingerprint density at radius 3 is 2.70 bits per heavy atom. The highest BCUT2D eigenvalue weighted by Crippen LogP contribution is 2.24. The van der Waals surface area contributed by atoms with E-state index in [2.05, 4.69) is 5.32 Å². The standard InChI is InChI=1S/C15H19NO4/c1-18-12-5-6-14(19-2)11(8-12)9-16-13(10-17)15-4-3-7-20-15/h3-8,13,16-17H,9-10H2,1-2H3. The Kier molecular flexibility index (Phi) is 5.03. The van der Waals surface area contributed by atoms with Crippen LogP contribution in [0.25, 0.3) is 0 Å². The fraction of sp³-hybridized carbons (Fsp3) is 0.333. The molecule has 0 amide bonds. The van der Waals surface area contributed by atoms with Crippen molar-refractivity contribution in [3.05, 3.63) is 47.9 Å². The van der Waals surface area contributed by atoms with Gasteiger partial charge in [-0.1, -0.05) is 0 Å². The summed E-state index contributed by atoms with van der Waals surface area (Å²) in [6.07, 6.45) is 1.59. The average Bonchev–Trinajstić information content (AvgIpc) is 3.02. The first-order valence-corrected chi connectivity index (χ1v) is 6.37. The summed E-state index contributed by atoms with van der Waals surface area (Å²) in [4.78, 5) is 0. The molecule has 2 rings (SSSR count). The lowest BCUT2D eigenvalue weighted by Gasteiger charge is -2.16. The van der Waals surface area contributed by atoms with E-state index in [0.717, 1.165) is 17.1 Å². The minimum absolute atomic E-state index is 0.0419. The zero-order chi connectivity index (χ0) is 14.4. The van der Waals surface area contributed by atoms with Crippen LogP contribution in [-0.2, 0) is 6.54 Å². The van der Waals surface area contributed by atoms with E-state index in [4.69, 9.17) is 13.9 Å². The Morgan fingerprint density at radius 1 is 1.25 bits per heavy atom. The van der Waals surface area contributed by atoms with Gasteiger partial charge in [-0.15, -0.1) is 0 Å². The topological polar surface area (TPSA) is 63.9 Å². The third-order valence-electron chi connectivity index (χ3n) is 3.10. The number of rotatable bonds is 7. The van der Waals surface area contributed by atoms with Gasteiger partial charge in [0.25, 0.3) is 0 Å². The highest BCUT2D eigenvalue weighted by atomic mass is 16.5. The van der Waals surface area contributed by atoms with Crippen LogP contribution in [0.4, 0.5) is 0 Å². The molecule has 2 aromatic rings. The largest absolute Gasteiger partial charge is 0.497 e. The smallest absolute Gasteiger partial charge is 0.123 e. The van der Waals surface area contributed by atoms with Gasteiger partial charge in [-0.3, -0.25) is 0 Å². The zero-order valence-electron chi connectivity index (χ0n) is 11.6. The second kappa shape index (κ2) is 6.98. The lowest BCUT2D eigenvalue weighted by Crippen LogP contribution is -2.23. The van der Waals surface area contributed by atoms with Crippen LogP contribution in [0.5, 0.6) is 11.5 Å². The predicted molar refractivity (Wildman–Crippen MR) is 74.9 cm³/mol. The number of hydrogen-bond donors (Lipinski definition) is 2. The van der Waals surface area contributed by atoms with Crippen molar-refractivity contribution in [3.8, 4) is 11.5 Å². The molecule has 1 heterocycles. The molecule has 1 aromatic carbocycles. The van der Waals surface area contributed by atoms with E-state index in [9.17, 15) is 5.11 Å². The van der Waals surface area contributed by atoms with Gasteiger partial charge < -0.3 is 24.3 Å². The van der Waals surface area contributed by atoms with Crippen molar-refractivity contribution in [1.29, 1.82) is 0 Å². The van der Waals surface area contributed by atoms with Crippen LogP contribution < -0.4 is 14.8 Å². The van der Waals surface area contributed by atoms with Gasteiger partial charge in [0, 0.05) is 12.1 Å². The van der Waals surface area contributed by atoms with E-state index >= 15 is 0 Å². The van der Waals surface area contributed by atoms with Crippen molar-refractivity contribution >= 4 is 0 Å². The van der Waals surface area contributed by atoms with Gasteiger partial charge in [-0.2, -0.15) is 0 Å². The maximum absolute atomic E-state index is 9.42. The summed E-state index contributed by atoms with van der Waals surface area (Å²) < 4.78 is 15.8. The van der Waals surface area contributed by atoms with E-state index in [1.54, 1.807) is 26.5 Å². The SMILES string of the molecule is COc1ccc(OC)c(CNC(CO)c2ccco2)c1. The minimum Gasteiger partial charge on any atom is -0.497 e. The third-order valence-corrected chi connectivity index (χ3v) is 3.10. The summed E-state index contributed by atoms with van der Waals surface area (Å²) in [7, 11) is 3.25. The molecular weight excluding hydrogens is 258 g/mol. The fourth-order valence-corrected chi connectivity index (χ4v) is 2.00. The van der Waals surface area contributed by atoms with Crippen LogP contribution in [0.3, 0.4) is 0 Å². The molecule has 1 aromatic heterocycles. The molecule has 5 nitrogen and oxygen atoms in total. The van der Waals surface area contributed by atoms with E-state index in [1.165, 1.54) is 0 Å². The van der Waals surface area contributed by atoms with Crippen molar-refractivity contribution < 1.29 is 19.0 Å². The van der Waals surface area contributed by atoms with Crippen molar-refractivity contribution in [2.24, 2.45) is 0 Å². The molecule has 2 N–H and O–H groups in total. The quantitative estimate of drug-likeness (QED) is 0.811. The minimum atomic E-state index is -0.249. The van der Waals surface area contributed by atoms with Gasteiger partial charge in [0.05, 0.1) is 33.1 Å². The highest BCUT2D eigenvalue weighted by molar-refractivity contribution is 5.40. The Balaban J connectivity index is 2.09. The number of aliphatic hydroxyl groups excluding tert-OH is 1. The van der Waals surface area contributed by atoms with Gasteiger partial charge in [-0.25, -0.2) is 0 Å². The number of methoxy groups -OCH3 is 2. The third kappa shape index (κ3) is 3.31. The van der Waals surface area contributed by atoms with Crippen LogP contribution in [0, 0.1) is 0 Å². The van der Waals surface area contributed by atoms with Crippen molar-refractivity contribution in [2.45, 2.75) is 12.6 Å². The molecule has 108 valence electrons. The van der Waals surface area contributed by atoms with Gasteiger partial charge in [0.1, 0.15) is 17.3 Å². The molecule has 1 atom stereocenters. The van der Waals surface area contributed by atoms with Crippen molar-refractivity contribution in [2.75, 3.05) is 20.8 Å². The van der Waals surface area contributed by atoms with Gasteiger partial charge in [0.2, 0.25) is 0 Å². The first kappa shape index (κ1) is 14.4. The molecule has 0 saturated carbocycles. The Bertz CT molecular complexity index is 525. The number of benzene rings is 1. The molecule has 1 unspecified atom stereocenters. The summed E-state index contributed by atoms with van der Waals surface area (Å²) in [6, 6.07) is 8.99. The molecule has 5 heteroatoms. The molecule has 0 aliphatic rings. The first-order valence-electron chi connectivity index (χ1n) is 6.37. The number of aliphatic hydroxyl groups is 1. The van der Waals surface area contributed by atoms with Crippen LogP contribution in [0.15, 0.2) is 41.0 Å². The second-order valence-corrected chi connectivity index (χ2v) is 4.31. The van der Waals surface area contributed by atoms with Gasteiger partial charge >= 0.3 is 0 Å². The maximum Gasteiger partial charge on any atom is 0.123 e. The summed E-state index contributed by atoms with van der Waals surface area (Å²) in [5, 5.41) is 12.7. The molecule has 0 aliphatic carbocycles. The lowest BCUT2D eigenvalue weighted by atomic mass is 10.1. The summed E-state index contributed by atoms with van der Waals surface area (Å²) in [5.41, 5.74) is 0.955. The number of furan rings is 1. The molecule has 0 radical (unpaired) electrons. The summed E-state index contributed by atoms with van der Waals surface area (Å²) in [6.45, 7) is 0.492. The summed E-state index contributed by atoms with van der Waals surface area (Å²) in [5.74, 6) is 2.24. The first-order chi connectivity index (χ1) is 9.78. The van der Waals surface area contributed by atoms with E-state index in [-0.39, 0.29) is 12.6 Å². The summed E-state index contributed by atoms with van der Waals surface area (Å²) >= 11 is 0. The van der Waals surface area contributed by atoms with Crippen LogP contribution in [0.2, 0.25) is 0 Å². The molecule has 0 aliphatic heterocycles. The molecule has 0 spiro atoms. The van der Waals surface area contributed by atoms with Crippen LogP contribution >= 0.6 is 0 Å². The van der Waals surface area contributed by atoms with E-state index in [0.29, 0.717) is 12.3 Å². The Morgan fingerprint density at radius 2 is 2.10 bits per heavy atom. The molecule has 0 bridgehead atoms. The van der Waals surface area contributed by atoms with E-state index < -0.39 is 0 Å². The zero-order valence-corrected chi connectivity index (χ0v) is 11.6. The van der Waals surface area contributed by atoms with Gasteiger partial charge in [-0.05, 0) is 30.3 Å². The Labute approximate surface area is 118 Å². The van der Waals surface area contributed by atoms with Crippen molar-refractivity contribution in [3.63, 3.8) is 0 Å². The lowest BCUT2D eigenvalue weighted by molar-refractivity contribution is 0.225. The molecule has 0 saturated heterocycles. The maximum atomic E-state index is 9.42.